The number of anilines is 1. The molecule has 1 rings (SSSR count). The van der Waals surface area contributed by atoms with Crippen molar-refractivity contribution in [2.45, 2.75) is 40.2 Å². The lowest BCUT2D eigenvalue weighted by Crippen LogP contribution is -2.45. The van der Waals surface area contributed by atoms with Gasteiger partial charge in [0.05, 0.1) is 24.9 Å². The third-order valence-electron chi connectivity index (χ3n) is 3.79. The van der Waals surface area contributed by atoms with E-state index in [1.807, 2.05) is 20.9 Å². The number of hydrogen-bond acceptors (Lipinski definition) is 3. The number of benzene rings is 1. The summed E-state index contributed by atoms with van der Waals surface area (Å²) in [4.78, 5) is 2.09. The number of likely N-dealkylation sites (N-methyl/N-ethyl adjacent to an activating group) is 1. The van der Waals surface area contributed by atoms with E-state index in [1.54, 1.807) is 7.11 Å². The Kier molecular flexibility index (Phi) is 4.28. The van der Waals surface area contributed by atoms with Crippen molar-refractivity contribution in [1.29, 1.82) is 0 Å². The van der Waals surface area contributed by atoms with Crippen LogP contribution in [0.3, 0.4) is 0 Å². The molecule has 0 aliphatic rings. The first-order valence-corrected chi connectivity index (χ1v) is 6.25. The monoisotopic (exact) mass is 251 g/mol. The summed E-state index contributed by atoms with van der Waals surface area (Å²) >= 11 is 0. The van der Waals surface area contributed by atoms with Crippen LogP contribution < -0.4 is 9.64 Å². The highest BCUT2D eigenvalue weighted by Gasteiger charge is 2.27. The summed E-state index contributed by atoms with van der Waals surface area (Å²) in [5.41, 5.74) is 4.28. The number of aryl methyl sites for hydroxylation is 2. The molecule has 0 aromatic heterocycles. The number of methoxy groups -OCH3 is 1. The standard InChI is InChI=1S/C15H25NO2/c1-10-8-11(2)13(14(18-7)12(10)3)16(6)15(4,5)9-17/h8,17H,9H2,1-7H3. The van der Waals surface area contributed by atoms with Gasteiger partial charge in [0.15, 0.2) is 0 Å². The largest absolute Gasteiger partial charge is 0.494 e. The SMILES string of the molecule is COc1c(C)c(C)cc(C)c1N(C)C(C)(C)CO. The predicted molar refractivity (Wildman–Crippen MR) is 76.8 cm³/mol. The molecule has 0 bridgehead atoms. The average Bonchev–Trinajstić information content (AvgIpc) is 2.32. The molecule has 0 saturated heterocycles. The van der Waals surface area contributed by atoms with Crippen LogP contribution >= 0.6 is 0 Å². The van der Waals surface area contributed by atoms with E-state index in [9.17, 15) is 5.11 Å². The number of hydrogen-bond donors (Lipinski definition) is 1. The minimum atomic E-state index is -0.320. The Morgan fingerprint density at radius 3 is 2.22 bits per heavy atom. The number of nitrogens with zero attached hydrogens (tertiary/aromatic N) is 1. The zero-order valence-electron chi connectivity index (χ0n) is 12.6. The first kappa shape index (κ1) is 14.8. The Balaban J connectivity index is 3.45. The Bertz CT molecular complexity index is 439. The summed E-state index contributed by atoms with van der Waals surface area (Å²) in [5, 5.41) is 9.52. The molecule has 0 unspecified atom stereocenters. The molecule has 0 heterocycles. The van der Waals surface area contributed by atoms with Gasteiger partial charge >= 0.3 is 0 Å². The molecule has 1 aromatic carbocycles. The average molecular weight is 251 g/mol. The van der Waals surface area contributed by atoms with Crippen LogP contribution in [0.25, 0.3) is 0 Å². The van der Waals surface area contributed by atoms with Gasteiger partial charge in [0.25, 0.3) is 0 Å². The van der Waals surface area contributed by atoms with Crippen molar-refractivity contribution in [3.05, 3.63) is 22.8 Å². The number of ether oxygens (including phenoxy) is 1. The Morgan fingerprint density at radius 1 is 1.22 bits per heavy atom. The molecule has 0 atom stereocenters. The second kappa shape index (κ2) is 5.19. The molecule has 18 heavy (non-hydrogen) atoms. The zero-order valence-corrected chi connectivity index (χ0v) is 12.6. The van der Waals surface area contributed by atoms with Gasteiger partial charge in [-0.1, -0.05) is 6.07 Å². The molecule has 1 aromatic rings. The highest BCUT2D eigenvalue weighted by molar-refractivity contribution is 5.68. The molecule has 1 N–H and O–H groups in total. The van der Waals surface area contributed by atoms with Gasteiger partial charge in [-0.2, -0.15) is 0 Å². The summed E-state index contributed by atoms with van der Waals surface area (Å²) in [7, 11) is 3.69. The fourth-order valence-corrected chi connectivity index (χ4v) is 2.11. The Hall–Kier alpha value is -1.22. The maximum absolute atomic E-state index is 9.52. The summed E-state index contributed by atoms with van der Waals surface area (Å²) in [5.74, 6) is 0.900. The van der Waals surface area contributed by atoms with E-state index >= 15 is 0 Å². The van der Waals surface area contributed by atoms with Crippen LogP contribution in [0.5, 0.6) is 5.75 Å². The van der Waals surface area contributed by atoms with Crippen molar-refractivity contribution < 1.29 is 9.84 Å². The second-order valence-electron chi connectivity index (χ2n) is 5.55. The molecule has 102 valence electrons. The van der Waals surface area contributed by atoms with Crippen LogP contribution in [0.2, 0.25) is 0 Å². The molecule has 0 radical (unpaired) electrons. The fourth-order valence-electron chi connectivity index (χ4n) is 2.11. The number of aliphatic hydroxyl groups is 1. The van der Waals surface area contributed by atoms with E-state index in [0.29, 0.717) is 0 Å². The van der Waals surface area contributed by atoms with Gasteiger partial charge in [-0.05, 0) is 51.3 Å². The topological polar surface area (TPSA) is 32.7 Å². The van der Waals surface area contributed by atoms with Crippen molar-refractivity contribution in [2.75, 3.05) is 25.7 Å². The van der Waals surface area contributed by atoms with Gasteiger partial charge in [-0.3, -0.25) is 0 Å². The molecule has 0 amide bonds. The second-order valence-corrected chi connectivity index (χ2v) is 5.55. The highest BCUT2D eigenvalue weighted by Crippen LogP contribution is 2.39. The number of rotatable bonds is 4. The molecule has 0 aliphatic heterocycles. The van der Waals surface area contributed by atoms with Crippen LogP contribution in [0.1, 0.15) is 30.5 Å². The van der Waals surface area contributed by atoms with E-state index in [1.165, 1.54) is 11.1 Å². The smallest absolute Gasteiger partial charge is 0.145 e. The van der Waals surface area contributed by atoms with E-state index < -0.39 is 0 Å². The maximum atomic E-state index is 9.52. The minimum Gasteiger partial charge on any atom is -0.494 e. The molecule has 3 heteroatoms. The predicted octanol–water partition coefficient (Wildman–Crippen LogP) is 2.83. The minimum absolute atomic E-state index is 0.0962. The lowest BCUT2D eigenvalue weighted by molar-refractivity contribution is 0.215. The summed E-state index contributed by atoms with van der Waals surface area (Å²) in [6.07, 6.45) is 0. The van der Waals surface area contributed by atoms with Crippen molar-refractivity contribution in [1.82, 2.24) is 0 Å². The van der Waals surface area contributed by atoms with Crippen LogP contribution in [0, 0.1) is 20.8 Å². The van der Waals surface area contributed by atoms with Crippen molar-refractivity contribution in [3.8, 4) is 5.75 Å². The molecule has 0 spiro atoms. The van der Waals surface area contributed by atoms with Gasteiger partial charge in [0, 0.05) is 7.05 Å². The van der Waals surface area contributed by atoms with Crippen LogP contribution in [-0.2, 0) is 0 Å². The van der Waals surface area contributed by atoms with E-state index in [-0.39, 0.29) is 12.1 Å². The van der Waals surface area contributed by atoms with E-state index in [4.69, 9.17) is 4.74 Å². The summed E-state index contributed by atoms with van der Waals surface area (Å²) in [6.45, 7) is 10.4. The normalized spacial score (nSPS) is 11.6. The van der Waals surface area contributed by atoms with E-state index in [0.717, 1.165) is 17.0 Å². The highest BCUT2D eigenvalue weighted by atomic mass is 16.5. The zero-order chi connectivity index (χ0) is 14.1. The van der Waals surface area contributed by atoms with Crippen LogP contribution in [0.4, 0.5) is 5.69 Å². The van der Waals surface area contributed by atoms with Gasteiger partial charge in [-0.15, -0.1) is 0 Å². The van der Waals surface area contributed by atoms with Crippen molar-refractivity contribution in [2.24, 2.45) is 0 Å². The van der Waals surface area contributed by atoms with Gasteiger partial charge in [0.1, 0.15) is 5.75 Å². The molecule has 0 aliphatic carbocycles. The van der Waals surface area contributed by atoms with Crippen LogP contribution in [-0.4, -0.2) is 31.4 Å². The Morgan fingerprint density at radius 2 is 1.78 bits per heavy atom. The lowest BCUT2D eigenvalue weighted by atomic mass is 9.98. The van der Waals surface area contributed by atoms with Crippen molar-refractivity contribution in [3.63, 3.8) is 0 Å². The molecular weight excluding hydrogens is 226 g/mol. The van der Waals surface area contributed by atoms with Gasteiger partial charge < -0.3 is 14.7 Å². The summed E-state index contributed by atoms with van der Waals surface area (Å²) < 4.78 is 5.58. The summed E-state index contributed by atoms with van der Waals surface area (Å²) in [6, 6.07) is 2.16. The first-order chi connectivity index (χ1) is 8.26. The third-order valence-corrected chi connectivity index (χ3v) is 3.79. The van der Waals surface area contributed by atoms with E-state index in [2.05, 4.69) is 31.7 Å². The Labute approximate surface area is 110 Å². The fraction of sp³-hybridized carbons (Fsp3) is 0.600. The van der Waals surface area contributed by atoms with Crippen molar-refractivity contribution >= 4 is 5.69 Å². The number of aliphatic hydroxyl groups excluding tert-OH is 1. The molecule has 3 nitrogen and oxygen atoms in total. The molecule has 0 fully saturated rings. The first-order valence-electron chi connectivity index (χ1n) is 6.25. The molecule has 0 saturated carbocycles. The van der Waals surface area contributed by atoms with Gasteiger partial charge in [-0.25, -0.2) is 0 Å². The lowest BCUT2D eigenvalue weighted by Gasteiger charge is -2.38. The molecular formula is C15H25NO2. The van der Waals surface area contributed by atoms with Gasteiger partial charge in [0.2, 0.25) is 0 Å². The maximum Gasteiger partial charge on any atom is 0.145 e. The quantitative estimate of drug-likeness (QED) is 0.893. The van der Waals surface area contributed by atoms with Crippen LogP contribution in [0.15, 0.2) is 6.07 Å². The third kappa shape index (κ3) is 2.46.